The van der Waals surface area contributed by atoms with Crippen LogP contribution in [0.3, 0.4) is 0 Å². The number of aryl methyl sites for hydroxylation is 1. The number of carbonyl (C=O) groups is 4. The minimum atomic E-state index is -1.25. The summed E-state index contributed by atoms with van der Waals surface area (Å²) in [5.74, 6) is -1.85. The number of fused-ring (bicyclic) bond motifs is 1. The second kappa shape index (κ2) is 13.8. The van der Waals surface area contributed by atoms with Crippen LogP contribution in [0.15, 0.2) is 66.7 Å². The van der Waals surface area contributed by atoms with Crippen molar-refractivity contribution in [1.29, 1.82) is 0 Å². The Morgan fingerprint density at radius 2 is 1.68 bits per heavy atom. The van der Waals surface area contributed by atoms with Gasteiger partial charge >= 0.3 is 6.09 Å². The summed E-state index contributed by atoms with van der Waals surface area (Å²) in [4.78, 5) is 53.3. The Labute approximate surface area is 239 Å². The zero-order valence-electron chi connectivity index (χ0n) is 23.8. The molecule has 0 spiro atoms. The van der Waals surface area contributed by atoms with E-state index in [0.29, 0.717) is 11.3 Å². The summed E-state index contributed by atoms with van der Waals surface area (Å²) in [5, 5.41) is 17.3. The van der Waals surface area contributed by atoms with Crippen LogP contribution in [0.2, 0.25) is 0 Å². The average Bonchev–Trinajstić information content (AvgIpc) is 2.89. The number of amides is 4. The molecule has 0 saturated heterocycles. The lowest BCUT2D eigenvalue weighted by Crippen LogP contribution is -2.53. The number of aliphatic hydroxyl groups excluding tert-OH is 1. The second-order valence-corrected chi connectivity index (χ2v) is 10.8. The van der Waals surface area contributed by atoms with Gasteiger partial charge in [-0.3, -0.25) is 14.4 Å². The predicted octanol–water partition coefficient (Wildman–Crippen LogP) is 3.81. The fourth-order valence-electron chi connectivity index (χ4n) is 4.46. The monoisotopic (exact) mass is 562 g/mol. The van der Waals surface area contributed by atoms with E-state index in [4.69, 9.17) is 10.5 Å². The van der Waals surface area contributed by atoms with Crippen molar-refractivity contribution in [3.05, 3.63) is 77.9 Å². The van der Waals surface area contributed by atoms with Crippen molar-refractivity contribution in [2.24, 2.45) is 5.73 Å². The van der Waals surface area contributed by atoms with Crippen LogP contribution in [0, 0.1) is 6.92 Å². The maximum absolute atomic E-state index is 14.0. The Balaban J connectivity index is 2.00. The third-order valence-corrected chi connectivity index (χ3v) is 6.23. The highest BCUT2D eigenvalue weighted by atomic mass is 16.6. The van der Waals surface area contributed by atoms with Gasteiger partial charge in [-0.2, -0.15) is 0 Å². The highest BCUT2D eigenvalue weighted by Crippen LogP contribution is 2.27. The number of carbonyl (C=O) groups excluding carboxylic acids is 4. The molecule has 10 heteroatoms. The Hall–Kier alpha value is -4.44. The molecule has 0 aliphatic rings. The van der Waals surface area contributed by atoms with Crippen LogP contribution in [0.4, 0.5) is 10.5 Å². The number of nitrogens with zero attached hydrogens (tertiary/aromatic N) is 1. The molecule has 2 atom stereocenters. The first-order valence-corrected chi connectivity index (χ1v) is 13.4. The Morgan fingerprint density at radius 3 is 2.32 bits per heavy atom. The molecule has 41 heavy (non-hydrogen) atoms. The van der Waals surface area contributed by atoms with E-state index in [9.17, 15) is 24.3 Å². The number of ether oxygens (including phenoxy) is 1. The van der Waals surface area contributed by atoms with Crippen molar-refractivity contribution < 1.29 is 29.0 Å². The lowest BCUT2D eigenvalue weighted by atomic mass is 9.99. The second-order valence-electron chi connectivity index (χ2n) is 10.8. The SMILES string of the molecule is Cc1cccc(C(C(=O)Nc2ccc3ccccc3c2)N(CCO)C(=O)C(CCC(N)=O)NC(=O)OC(C)(C)C)c1. The van der Waals surface area contributed by atoms with Crippen LogP contribution in [-0.2, 0) is 19.1 Å². The van der Waals surface area contributed by atoms with Gasteiger partial charge in [-0.15, -0.1) is 0 Å². The third kappa shape index (κ3) is 9.04. The van der Waals surface area contributed by atoms with Gasteiger partial charge in [0.2, 0.25) is 11.8 Å². The molecule has 0 saturated carbocycles. The minimum absolute atomic E-state index is 0.123. The largest absolute Gasteiger partial charge is 0.444 e. The van der Waals surface area contributed by atoms with E-state index in [2.05, 4.69) is 10.6 Å². The highest BCUT2D eigenvalue weighted by molar-refractivity contribution is 6.00. The molecule has 3 aromatic carbocycles. The van der Waals surface area contributed by atoms with Gasteiger partial charge in [0.05, 0.1) is 6.61 Å². The van der Waals surface area contributed by atoms with E-state index in [-0.39, 0.29) is 19.4 Å². The van der Waals surface area contributed by atoms with Crippen molar-refractivity contribution >= 4 is 40.3 Å². The van der Waals surface area contributed by atoms with Crippen molar-refractivity contribution in [1.82, 2.24) is 10.2 Å². The number of primary amides is 1. The smallest absolute Gasteiger partial charge is 0.408 e. The Kier molecular flexibility index (Phi) is 10.4. The van der Waals surface area contributed by atoms with E-state index in [1.165, 1.54) is 4.90 Å². The van der Waals surface area contributed by atoms with Gasteiger partial charge < -0.3 is 31.1 Å². The molecule has 0 aromatic heterocycles. The number of aliphatic hydroxyl groups is 1. The summed E-state index contributed by atoms with van der Waals surface area (Å²) >= 11 is 0. The van der Waals surface area contributed by atoms with Gasteiger partial charge in [0.25, 0.3) is 5.91 Å². The van der Waals surface area contributed by atoms with Crippen molar-refractivity contribution in [3.8, 4) is 0 Å². The van der Waals surface area contributed by atoms with Crippen LogP contribution in [0.1, 0.15) is 50.8 Å². The molecule has 0 aliphatic carbocycles. The van der Waals surface area contributed by atoms with Gasteiger partial charge in [0.15, 0.2) is 0 Å². The van der Waals surface area contributed by atoms with E-state index in [1.807, 2.05) is 49.4 Å². The molecule has 218 valence electrons. The maximum Gasteiger partial charge on any atom is 0.408 e. The number of hydrogen-bond donors (Lipinski definition) is 4. The molecule has 2 unspecified atom stereocenters. The lowest BCUT2D eigenvalue weighted by Gasteiger charge is -2.34. The van der Waals surface area contributed by atoms with Crippen LogP contribution in [-0.4, -0.2) is 58.6 Å². The summed E-state index contributed by atoms with van der Waals surface area (Å²) in [7, 11) is 0. The van der Waals surface area contributed by atoms with Crippen LogP contribution < -0.4 is 16.4 Å². The molecule has 5 N–H and O–H groups in total. The molecule has 0 bridgehead atoms. The van der Waals surface area contributed by atoms with Crippen LogP contribution in [0.5, 0.6) is 0 Å². The van der Waals surface area contributed by atoms with Crippen molar-refractivity contribution in [2.75, 3.05) is 18.5 Å². The number of nitrogens with two attached hydrogens (primary N) is 1. The van der Waals surface area contributed by atoms with E-state index in [1.54, 1.807) is 45.0 Å². The molecule has 0 aliphatic heterocycles. The van der Waals surface area contributed by atoms with Gasteiger partial charge in [-0.1, -0.05) is 60.2 Å². The molecule has 3 aromatic rings. The van der Waals surface area contributed by atoms with Crippen LogP contribution in [0.25, 0.3) is 10.8 Å². The van der Waals surface area contributed by atoms with Gasteiger partial charge in [-0.25, -0.2) is 4.79 Å². The highest BCUT2D eigenvalue weighted by Gasteiger charge is 2.36. The first kappa shape index (κ1) is 31.1. The van der Waals surface area contributed by atoms with Crippen molar-refractivity contribution in [3.63, 3.8) is 0 Å². The summed E-state index contributed by atoms with van der Waals surface area (Å²) in [6.07, 6.45) is -1.18. The summed E-state index contributed by atoms with van der Waals surface area (Å²) in [6.45, 7) is 6.22. The fourth-order valence-corrected chi connectivity index (χ4v) is 4.46. The van der Waals surface area contributed by atoms with Crippen molar-refractivity contribution in [2.45, 2.75) is 58.2 Å². The van der Waals surface area contributed by atoms with E-state index >= 15 is 0 Å². The average molecular weight is 563 g/mol. The molecule has 10 nitrogen and oxygen atoms in total. The summed E-state index contributed by atoms with van der Waals surface area (Å²) in [5.41, 5.74) is 6.40. The maximum atomic E-state index is 14.0. The first-order chi connectivity index (χ1) is 19.4. The fraction of sp³-hybridized carbons (Fsp3) is 0.355. The molecule has 0 fully saturated rings. The zero-order chi connectivity index (χ0) is 30.2. The van der Waals surface area contributed by atoms with Crippen LogP contribution >= 0.6 is 0 Å². The normalized spacial score (nSPS) is 12.7. The number of rotatable bonds is 11. The quantitative estimate of drug-likeness (QED) is 0.279. The number of alkyl carbamates (subject to hydrolysis) is 1. The molecule has 3 rings (SSSR count). The Bertz CT molecular complexity index is 1400. The topological polar surface area (TPSA) is 151 Å². The number of anilines is 1. The minimum Gasteiger partial charge on any atom is -0.444 e. The number of nitrogens with one attached hydrogen (secondary N) is 2. The lowest BCUT2D eigenvalue weighted by molar-refractivity contribution is -0.141. The predicted molar refractivity (Wildman–Crippen MR) is 157 cm³/mol. The van der Waals surface area contributed by atoms with E-state index in [0.717, 1.165) is 16.3 Å². The van der Waals surface area contributed by atoms with Gasteiger partial charge in [0, 0.05) is 18.7 Å². The van der Waals surface area contributed by atoms with Gasteiger partial charge in [0.1, 0.15) is 17.7 Å². The van der Waals surface area contributed by atoms with Gasteiger partial charge in [-0.05, 0) is 62.6 Å². The summed E-state index contributed by atoms with van der Waals surface area (Å²) < 4.78 is 5.32. The Morgan fingerprint density at radius 1 is 0.976 bits per heavy atom. The molecule has 0 heterocycles. The molecular weight excluding hydrogens is 524 g/mol. The number of benzene rings is 3. The molecule has 0 radical (unpaired) electrons. The molecule has 4 amide bonds. The molecular formula is C31H38N4O6. The third-order valence-electron chi connectivity index (χ3n) is 6.23. The number of hydrogen-bond acceptors (Lipinski definition) is 6. The van der Waals surface area contributed by atoms with E-state index < -0.39 is 48.1 Å². The zero-order valence-corrected chi connectivity index (χ0v) is 23.8. The summed E-state index contributed by atoms with van der Waals surface area (Å²) in [6, 6.07) is 17.9. The standard InChI is InChI=1S/C31H38N4O6/c1-20-8-7-11-23(18-20)27(28(38)33-24-13-12-21-9-5-6-10-22(21)19-24)35(16-17-36)29(39)25(14-15-26(32)37)34-30(40)41-31(2,3)4/h5-13,18-19,25,27,36H,14-17H2,1-4H3,(H2,32,37)(H,33,38)(H,34,40). The first-order valence-electron chi connectivity index (χ1n) is 13.4.